The Morgan fingerprint density at radius 3 is 2.81 bits per heavy atom. The normalized spacial score (nSPS) is 18.2. The van der Waals surface area contributed by atoms with Crippen molar-refractivity contribution in [2.24, 2.45) is 5.92 Å². The molecule has 0 amide bonds. The predicted octanol–water partition coefficient (Wildman–Crippen LogP) is 2.49. The average molecular weight is 241 g/mol. The van der Waals surface area contributed by atoms with Crippen LogP contribution < -0.4 is 0 Å². The van der Waals surface area contributed by atoms with E-state index in [1.54, 1.807) is 0 Å². The second-order valence-electron chi connectivity index (χ2n) is 4.71. The first kappa shape index (κ1) is 11.8. The highest BCUT2D eigenvalue weighted by Gasteiger charge is 2.17. The van der Waals surface area contributed by atoms with Gasteiger partial charge in [0.05, 0.1) is 0 Å². The number of H-pyrrole nitrogens is 1. The van der Waals surface area contributed by atoms with Crippen LogP contribution in [-0.4, -0.2) is 28.0 Å². The first-order valence-electron chi connectivity index (χ1n) is 5.91. The fourth-order valence-corrected chi connectivity index (χ4v) is 2.35. The van der Waals surface area contributed by atoms with Gasteiger partial charge in [-0.1, -0.05) is 13.8 Å². The van der Waals surface area contributed by atoms with Crippen molar-refractivity contribution in [2.45, 2.75) is 39.2 Å². The summed E-state index contributed by atoms with van der Waals surface area (Å²) in [6.07, 6.45) is 2.26. The molecule has 0 saturated carbocycles. The first-order chi connectivity index (χ1) is 7.68. The maximum atomic E-state index is 5.37. The topological polar surface area (TPSA) is 42.8 Å². The third kappa shape index (κ3) is 2.52. The zero-order chi connectivity index (χ0) is 11.5. The summed E-state index contributed by atoms with van der Waals surface area (Å²) in [4.78, 5) is 0. The lowest BCUT2D eigenvalue weighted by Gasteiger charge is -2.23. The summed E-state index contributed by atoms with van der Waals surface area (Å²) in [6.45, 7) is 7.03. The average Bonchev–Trinajstić information content (AvgIpc) is 2.62. The third-order valence-electron chi connectivity index (χ3n) is 3.09. The van der Waals surface area contributed by atoms with Crippen molar-refractivity contribution >= 4 is 12.2 Å². The van der Waals surface area contributed by atoms with E-state index in [2.05, 4.69) is 28.6 Å². The Bertz CT molecular complexity index is 390. The van der Waals surface area contributed by atoms with Gasteiger partial charge in [0.1, 0.15) is 5.82 Å². The SMILES string of the molecule is CC(C)c1n[nH]c(=S)n1CC1CCOCC1. The molecule has 5 heteroatoms. The molecule has 4 nitrogen and oxygen atoms in total. The molecule has 0 spiro atoms. The summed E-state index contributed by atoms with van der Waals surface area (Å²) in [5.41, 5.74) is 0. The molecule has 0 aromatic carbocycles. The quantitative estimate of drug-likeness (QED) is 0.827. The zero-order valence-electron chi connectivity index (χ0n) is 9.90. The van der Waals surface area contributed by atoms with E-state index in [1.807, 2.05) is 0 Å². The molecule has 1 aliphatic rings. The van der Waals surface area contributed by atoms with Crippen LogP contribution in [0.4, 0.5) is 0 Å². The van der Waals surface area contributed by atoms with Crippen molar-refractivity contribution in [2.75, 3.05) is 13.2 Å². The van der Waals surface area contributed by atoms with E-state index in [0.29, 0.717) is 11.8 Å². The number of nitrogens with one attached hydrogen (secondary N) is 1. The summed E-state index contributed by atoms with van der Waals surface area (Å²) in [7, 11) is 0. The van der Waals surface area contributed by atoms with Crippen LogP contribution in [-0.2, 0) is 11.3 Å². The highest BCUT2D eigenvalue weighted by atomic mass is 32.1. The van der Waals surface area contributed by atoms with Crippen molar-refractivity contribution in [1.82, 2.24) is 14.8 Å². The minimum absolute atomic E-state index is 0.410. The number of aromatic nitrogens is 3. The molecule has 2 rings (SSSR count). The summed E-state index contributed by atoms with van der Waals surface area (Å²) in [5, 5.41) is 7.19. The Kier molecular flexibility index (Phi) is 3.76. The number of rotatable bonds is 3. The summed E-state index contributed by atoms with van der Waals surface area (Å²) >= 11 is 5.27. The molecule has 0 aliphatic carbocycles. The maximum absolute atomic E-state index is 5.37. The number of hydrogen-bond donors (Lipinski definition) is 1. The van der Waals surface area contributed by atoms with Gasteiger partial charge in [0.2, 0.25) is 0 Å². The lowest BCUT2D eigenvalue weighted by atomic mass is 10.0. The number of nitrogens with zero attached hydrogens (tertiary/aromatic N) is 2. The Balaban J connectivity index is 2.13. The van der Waals surface area contributed by atoms with Gasteiger partial charge < -0.3 is 9.30 Å². The van der Waals surface area contributed by atoms with Crippen molar-refractivity contribution in [1.29, 1.82) is 0 Å². The fraction of sp³-hybridized carbons (Fsp3) is 0.818. The number of hydrogen-bond acceptors (Lipinski definition) is 3. The van der Waals surface area contributed by atoms with E-state index in [9.17, 15) is 0 Å². The van der Waals surface area contributed by atoms with Crippen LogP contribution in [0.5, 0.6) is 0 Å². The summed E-state index contributed by atoms with van der Waals surface area (Å²) in [6, 6.07) is 0. The second-order valence-corrected chi connectivity index (χ2v) is 5.09. The Morgan fingerprint density at radius 1 is 1.50 bits per heavy atom. The third-order valence-corrected chi connectivity index (χ3v) is 3.40. The largest absolute Gasteiger partial charge is 0.381 e. The molecular formula is C11H19N3OS. The van der Waals surface area contributed by atoms with Crippen LogP contribution in [0.1, 0.15) is 38.4 Å². The van der Waals surface area contributed by atoms with Gasteiger partial charge in [0.15, 0.2) is 4.77 Å². The number of aromatic amines is 1. The van der Waals surface area contributed by atoms with Gasteiger partial charge in [0.25, 0.3) is 0 Å². The molecular weight excluding hydrogens is 222 g/mol. The Hall–Kier alpha value is -0.680. The van der Waals surface area contributed by atoms with Gasteiger partial charge in [-0.25, -0.2) is 0 Å². The first-order valence-corrected chi connectivity index (χ1v) is 6.32. The molecule has 1 fully saturated rings. The fourth-order valence-electron chi connectivity index (χ4n) is 2.13. The van der Waals surface area contributed by atoms with Crippen LogP contribution in [0.15, 0.2) is 0 Å². The molecule has 16 heavy (non-hydrogen) atoms. The summed E-state index contributed by atoms with van der Waals surface area (Å²) < 4.78 is 8.26. The predicted molar refractivity (Wildman–Crippen MR) is 65.0 cm³/mol. The van der Waals surface area contributed by atoms with Crippen LogP contribution in [0.3, 0.4) is 0 Å². The van der Waals surface area contributed by atoms with E-state index < -0.39 is 0 Å². The molecule has 1 aromatic rings. The zero-order valence-corrected chi connectivity index (χ0v) is 10.7. The molecule has 1 N–H and O–H groups in total. The monoisotopic (exact) mass is 241 g/mol. The molecule has 0 unspecified atom stereocenters. The molecule has 0 bridgehead atoms. The lowest BCUT2D eigenvalue weighted by Crippen LogP contribution is -2.21. The minimum atomic E-state index is 0.410. The van der Waals surface area contributed by atoms with Gasteiger partial charge in [-0.05, 0) is 31.0 Å². The van der Waals surface area contributed by atoms with E-state index in [0.717, 1.165) is 43.2 Å². The molecule has 0 radical (unpaired) electrons. The van der Waals surface area contributed by atoms with Crippen LogP contribution in [0, 0.1) is 10.7 Å². The molecule has 1 aliphatic heterocycles. The van der Waals surface area contributed by atoms with Gasteiger partial charge in [-0.2, -0.15) is 5.10 Å². The Morgan fingerprint density at radius 2 is 2.19 bits per heavy atom. The van der Waals surface area contributed by atoms with Crippen molar-refractivity contribution in [3.05, 3.63) is 10.6 Å². The van der Waals surface area contributed by atoms with Crippen molar-refractivity contribution in [3.63, 3.8) is 0 Å². The molecule has 0 atom stereocenters. The molecule has 2 heterocycles. The van der Waals surface area contributed by atoms with Crippen molar-refractivity contribution < 1.29 is 4.74 Å². The van der Waals surface area contributed by atoms with Crippen molar-refractivity contribution in [3.8, 4) is 0 Å². The van der Waals surface area contributed by atoms with Crippen LogP contribution in [0.2, 0.25) is 0 Å². The van der Waals surface area contributed by atoms with Gasteiger partial charge in [-0.15, -0.1) is 0 Å². The minimum Gasteiger partial charge on any atom is -0.381 e. The molecule has 90 valence electrons. The van der Waals surface area contributed by atoms with E-state index in [4.69, 9.17) is 17.0 Å². The van der Waals surface area contributed by atoms with E-state index in [1.165, 1.54) is 0 Å². The summed E-state index contributed by atoms with van der Waals surface area (Å²) in [5.74, 6) is 2.15. The van der Waals surface area contributed by atoms with E-state index in [-0.39, 0.29) is 0 Å². The van der Waals surface area contributed by atoms with Gasteiger partial charge in [-0.3, -0.25) is 5.10 Å². The van der Waals surface area contributed by atoms with Gasteiger partial charge >= 0.3 is 0 Å². The van der Waals surface area contributed by atoms with E-state index >= 15 is 0 Å². The smallest absolute Gasteiger partial charge is 0.195 e. The van der Waals surface area contributed by atoms with Crippen LogP contribution >= 0.6 is 12.2 Å². The Labute approximate surface area is 101 Å². The second kappa shape index (κ2) is 5.10. The molecule has 1 saturated heterocycles. The highest BCUT2D eigenvalue weighted by molar-refractivity contribution is 7.71. The standard InChI is InChI=1S/C11H19N3OS/c1-8(2)10-12-13-11(16)14(10)7-9-3-5-15-6-4-9/h8-9H,3-7H2,1-2H3,(H,13,16). The molecule has 1 aromatic heterocycles. The lowest BCUT2D eigenvalue weighted by molar-refractivity contribution is 0.0608. The van der Waals surface area contributed by atoms with Gasteiger partial charge in [0, 0.05) is 25.7 Å². The highest BCUT2D eigenvalue weighted by Crippen LogP contribution is 2.20. The van der Waals surface area contributed by atoms with Crippen LogP contribution in [0.25, 0.3) is 0 Å². The maximum Gasteiger partial charge on any atom is 0.195 e. The number of ether oxygens (including phenoxy) is 1.